The third-order valence-corrected chi connectivity index (χ3v) is 3.28. The summed E-state index contributed by atoms with van der Waals surface area (Å²) in [6, 6.07) is 6.84. The molecule has 0 saturated carbocycles. The number of nitrogens with one attached hydrogen (secondary N) is 2. The van der Waals surface area contributed by atoms with Crippen LogP contribution in [0.1, 0.15) is 23.7 Å². The van der Waals surface area contributed by atoms with E-state index in [4.69, 9.17) is 0 Å². The Morgan fingerprint density at radius 2 is 2.00 bits per heavy atom. The molecule has 0 atom stereocenters. The highest BCUT2D eigenvalue weighted by molar-refractivity contribution is 6.02. The van der Waals surface area contributed by atoms with Crippen molar-refractivity contribution in [2.45, 2.75) is 13.3 Å². The van der Waals surface area contributed by atoms with E-state index in [9.17, 15) is 14.7 Å². The lowest BCUT2D eigenvalue weighted by Gasteiger charge is -2.13. The molecule has 6 nitrogen and oxygen atoms in total. The number of nitrogens with zero attached hydrogens (tertiary/aromatic N) is 1. The van der Waals surface area contributed by atoms with Crippen LogP contribution in [0.4, 0.5) is 0 Å². The van der Waals surface area contributed by atoms with E-state index in [2.05, 4.69) is 17.4 Å². The van der Waals surface area contributed by atoms with Gasteiger partial charge in [0.05, 0.1) is 5.52 Å². The first-order valence-corrected chi connectivity index (χ1v) is 6.52. The molecule has 0 radical (unpaired) electrons. The largest absolute Gasteiger partial charge is 0.506 e. The lowest BCUT2D eigenvalue weighted by atomic mass is 10.1. The Morgan fingerprint density at radius 1 is 1.33 bits per heavy atom. The number of rotatable bonds is 4. The number of para-hydroxylation sites is 1. The number of carbonyl (C=O) groups excluding carboxylic acids is 1. The summed E-state index contributed by atoms with van der Waals surface area (Å²) in [7, 11) is 1.55. The number of carbonyl (C=O) groups is 1. The number of hydrogen-bond donors (Lipinski definition) is 3. The summed E-state index contributed by atoms with van der Waals surface area (Å²) in [6.45, 7) is 5.55. The fourth-order valence-corrected chi connectivity index (χ4v) is 1.98. The molecule has 0 aliphatic carbocycles. The summed E-state index contributed by atoms with van der Waals surface area (Å²) < 4.78 is 1.33. The Morgan fingerprint density at radius 3 is 2.67 bits per heavy atom. The van der Waals surface area contributed by atoms with Crippen LogP contribution < -0.4 is 16.4 Å². The molecule has 1 aromatic heterocycles. The predicted molar refractivity (Wildman–Crippen MR) is 80.9 cm³/mol. The number of allylic oxidation sites excluding steroid dienone is 1. The number of hydrazine groups is 1. The summed E-state index contributed by atoms with van der Waals surface area (Å²) in [5.74, 6) is -1.02. The minimum absolute atomic E-state index is 0.299. The van der Waals surface area contributed by atoms with Gasteiger partial charge in [0.1, 0.15) is 11.3 Å². The highest BCUT2D eigenvalue weighted by atomic mass is 16.3. The topological polar surface area (TPSA) is 83.4 Å². The van der Waals surface area contributed by atoms with Gasteiger partial charge in [-0.2, -0.15) is 0 Å². The van der Waals surface area contributed by atoms with E-state index in [1.54, 1.807) is 31.3 Å². The molecular formula is C15H17N3O3. The second-order valence-corrected chi connectivity index (χ2v) is 4.64. The molecule has 0 fully saturated rings. The highest BCUT2D eigenvalue weighted by Crippen LogP contribution is 2.25. The molecule has 0 bridgehead atoms. The molecule has 0 aliphatic heterocycles. The average molecular weight is 287 g/mol. The maximum atomic E-state index is 12.3. The maximum Gasteiger partial charge on any atom is 0.279 e. The summed E-state index contributed by atoms with van der Waals surface area (Å²) in [5, 5.41) is 10.7. The first-order chi connectivity index (χ1) is 9.97. The van der Waals surface area contributed by atoms with Crippen LogP contribution in [-0.4, -0.2) is 15.6 Å². The van der Waals surface area contributed by atoms with Crippen LogP contribution in [0.2, 0.25) is 0 Å². The van der Waals surface area contributed by atoms with E-state index < -0.39 is 11.5 Å². The van der Waals surface area contributed by atoms with Gasteiger partial charge in [-0.1, -0.05) is 25.6 Å². The number of pyridine rings is 1. The number of aryl methyl sites for hydroxylation is 1. The molecule has 1 amide bonds. The van der Waals surface area contributed by atoms with Crippen LogP contribution in [-0.2, 0) is 7.05 Å². The molecule has 110 valence electrons. The Hall–Kier alpha value is -2.76. The fraction of sp³-hybridized carbons (Fsp3) is 0.200. The molecule has 1 aromatic carbocycles. The first-order valence-electron chi connectivity index (χ1n) is 6.52. The fourth-order valence-electron chi connectivity index (χ4n) is 1.98. The second-order valence-electron chi connectivity index (χ2n) is 4.64. The molecule has 0 unspecified atom stereocenters. The number of benzene rings is 1. The van der Waals surface area contributed by atoms with Crippen molar-refractivity contribution in [3.63, 3.8) is 0 Å². The zero-order valence-corrected chi connectivity index (χ0v) is 11.9. The number of hydrogen-bond acceptors (Lipinski definition) is 4. The van der Waals surface area contributed by atoms with Gasteiger partial charge in [-0.15, -0.1) is 0 Å². The SMILES string of the molecule is C=C(CC)NNC(=O)c1c(O)c2ccccc2n(C)c1=O. The Balaban J connectivity index is 2.52. The Kier molecular flexibility index (Phi) is 3.98. The van der Waals surface area contributed by atoms with Crippen LogP contribution in [0.5, 0.6) is 5.75 Å². The summed E-state index contributed by atoms with van der Waals surface area (Å²) in [6.07, 6.45) is 0.627. The average Bonchev–Trinajstić information content (AvgIpc) is 2.50. The van der Waals surface area contributed by atoms with Crippen molar-refractivity contribution < 1.29 is 9.90 Å². The monoisotopic (exact) mass is 287 g/mol. The van der Waals surface area contributed by atoms with Crippen molar-refractivity contribution in [3.05, 3.63) is 52.5 Å². The molecule has 0 saturated heterocycles. The lowest BCUT2D eigenvalue weighted by molar-refractivity contribution is 0.0934. The molecular weight excluding hydrogens is 270 g/mol. The van der Waals surface area contributed by atoms with Gasteiger partial charge in [-0.25, -0.2) is 0 Å². The van der Waals surface area contributed by atoms with E-state index in [0.29, 0.717) is 23.0 Å². The van der Waals surface area contributed by atoms with Crippen molar-refractivity contribution in [2.75, 3.05) is 0 Å². The lowest BCUT2D eigenvalue weighted by Crippen LogP contribution is -2.40. The number of fused-ring (bicyclic) bond motifs is 1. The van der Waals surface area contributed by atoms with Crippen LogP contribution in [0.15, 0.2) is 41.3 Å². The summed E-state index contributed by atoms with van der Waals surface area (Å²) >= 11 is 0. The number of aromatic hydroxyl groups is 1. The second kappa shape index (κ2) is 5.70. The van der Waals surface area contributed by atoms with Crippen molar-refractivity contribution in [1.29, 1.82) is 0 Å². The van der Waals surface area contributed by atoms with E-state index in [1.165, 1.54) is 4.57 Å². The molecule has 0 spiro atoms. The van der Waals surface area contributed by atoms with Gasteiger partial charge < -0.3 is 15.1 Å². The van der Waals surface area contributed by atoms with Gasteiger partial charge in [-0.05, 0) is 18.6 Å². The molecule has 0 aliphatic rings. The van der Waals surface area contributed by atoms with Crippen molar-refractivity contribution in [2.24, 2.45) is 7.05 Å². The molecule has 6 heteroatoms. The highest BCUT2D eigenvalue weighted by Gasteiger charge is 2.20. The van der Waals surface area contributed by atoms with Crippen LogP contribution in [0.3, 0.4) is 0 Å². The quantitative estimate of drug-likeness (QED) is 0.742. The van der Waals surface area contributed by atoms with Crippen LogP contribution in [0, 0.1) is 0 Å². The van der Waals surface area contributed by atoms with Crippen molar-refractivity contribution in [1.82, 2.24) is 15.4 Å². The van der Waals surface area contributed by atoms with Crippen molar-refractivity contribution >= 4 is 16.8 Å². The molecule has 21 heavy (non-hydrogen) atoms. The van der Waals surface area contributed by atoms with Gasteiger partial charge in [0, 0.05) is 18.1 Å². The summed E-state index contributed by atoms with van der Waals surface area (Å²) in [5.41, 5.74) is 5.26. The Bertz CT molecular complexity index is 778. The third kappa shape index (κ3) is 2.60. The number of amides is 1. The predicted octanol–water partition coefficient (Wildman–Crippen LogP) is 1.40. The van der Waals surface area contributed by atoms with E-state index in [0.717, 1.165) is 0 Å². The summed E-state index contributed by atoms with van der Waals surface area (Å²) in [4.78, 5) is 24.4. The van der Waals surface area contributed by atoms with E-state index in [-0.39, 0.29) is 11.3 Å². The van der Waals surface area contributed by atoms with E-state index >= 15 is 0 Å². The minimum atomic E-state index is -0.701. The molecule has 3 N–H and O–H groups in total. The van der Waals surface area contributed by atoms with Gasteiger partial charge in [0.25, 0.3) is 11.5 Å². The van der Waals surface area contributed by atoms with Gasteiger partial charge in [0.2, 0.25) is 0 Å². The van der Waals surface area contributed by atoms with Gasteiger partial charge in [0.15, 0.2) is 0 Å². The van der Waals surface area contributed by atoms with Crippen LogP contribution in [0.25, 0.3) is 10.9 Å². The van der Waals surface area contributed by atoms with Gasteiger partial charge in [-0.3, -0.25) is 15.0 Å². The molecule has 1 heterocycles. The van der Waals surface area contributed by atoms with Crippen molar-refractivity contribution in [3.8, 4) is 5.75 Å². The smallest absolute Gasteiger partial charge is 0.279 e. The zero-order valence-electron chi connectivity index (χ0n) is 11.9. The standard InChI is InChI=1S/C15H17N3O3/c1-4-9(2)16-17-14(20)12-13(19)10-7-5-6-8-11(10)18(3)15(12)21/h5-8,16,19H,2,4H2,1,3H3,(H,17,20). The Labute approximate surface area is 121 Å². The van der Waals surface area contributed by atoms with E-state index in [1.807, 2.05) is 6.92 Å². The number of aromatic nitrogens is 1. The minimum Gasteiger partial charge on any atom is -0.506 e. The molecule has 2 aromatic rings. The maximum absolute atomic E-state index is 12.3. The normalized spacial score (nSPS) is 10.4. The van der Waals surface area contributed by atoms with Gasteiger partial charge >= 0.3 is 0 Å². The van der Waals surface area contributed by atoms with Crippen LogP contribution >= 0.6 is 0 Å². The zero-order chi connectivity index (χ0) is 15.6. The molecule has 2 rings (SSSR count). The first kappa shape index (κ1) is 14.6. The third-order valence-electron chi connectivity index (χ3n) is 3.28.